The lowest BCUT2D eigenvalue weighted by atomic mass is 10.2. The van der Waals surface area contributed by atoms with Crippen molar-refractivity contribution in [3.63, 3.8) is 0 Å². The maximum atomic E-state index is 4.38. The van der Waals surface area contributed by atoms with Gasteiger partial charge in [0.2, 0.25) is 5.95 Å². The SMILES string of the molecule is CCCc1ccnc(NC(C)C)n1. The molecule has 0 saturated carbocycles. The average Bonchev–Trinajstić information content (AvgIpc) is 2.04. The van der Waals surface area contributed by atoms with Crippen LogP contribution in [0.1, 0.15) is 32.9 Å². The molecule has 72 valence electrons. The van der Waals surface area contributed by atoms with Crippen molar-refractivity contribution in [1.82, 2.24) is 9.97 Å². The first-order valence-electron chi connectivity index (χ1n) is 4.81. The first-order chi connectivity index (χ1) is 6.22. The van der Waals surface area contributed by atoms with E-state index in [0.717, 1.165) is 24.5 Å². The first-order valence-corrected chi connectivity index (χ1v) is 4.81. The molecule has 1 aromatic rings. The van der Waals surface area contributed by atoms with Crippen LogP contribution in [0.5, 0.6) is 0 Å². The smallest absolute Gasteiger partial charge is 0.223 e. The van der Waals surface area contributed by atoms with E-state index in [1.165, 1.54) is 0 Å². The third kappa shape index (κ3) is 3.40. The zero-order valence-corrected chi connectivity index (χ0v) is 8.54. The van der Waals surface area contributed by atoms with Crippen molar-refractivity contribution >= 4 is 5.95 Å². The summed E-state index contributed by atoms with van der Waals surface area (Å²) < 4.78 is 0. The fourth-order valence-electron chi connectivity index (χ4n) is 1.12. The van der Waals surface area contributed by atoms with E-state index in [1.54, 1.807) is 0 Å². The van der Waals surface area contributed by atoms with Crippen LogP contribution in [0.2, 0.25) is 0 Å². The molecule has 1 N–H and O–H groups in total. The standard InChI is InChI=1S/C10H17N3/c1-4-5-9-6-7-11-10(13-9)12-8(2)3/h6-8H,4-5H2,1-3H3,(H,11,12,13). The third-order valence-corrected chi connectivity index (χ3v) is 1.64. The highest BCUT2D eigenvalue weighted by molar-refractivity contribution is 5.25. The number of hydrogen-bond donors (Lipinski definition) is 1. The minimum Gasteiger partial charge on any atom is -0.352 e. The highest BCUT2D eigenvalue weighted by Crippen LogP contribution is 2.03. The summed E-state index contributed by atoms with van der Waals surface area (Å²) in [6, 6.07) is 2.35. The van der Waals surface area contributed by atoms with Crippen LogP contribution in [-0.4, -0.2) is 16.0 Å². The maximum absolute atomic E-state index is 4.38. The van der Waals surface area contributed by atoms with E-state index in [1.807, 2.05) is 12.3 Å². The molecule has 0 atom stereocenters. The molecule has 1 aromatic heterocycles. The topological polar surface area (TPSA) is 37.8 Å². The molecule has 0 fully saturated rings. The predicted octanol–water partition coefficient (Wildman–Crippen LogP) is 2.25. The van der Waals surface area contributed by atoms with Crippen LogP contribution < -0.4 is 5.32 Å². The fourth-order valence-corrected chi connectivity index (χ4v) is 1.12. The second-order valence-corrected chi connectivity index (χ2v) is 3.42. The summed E-state index contributed by atoms with van der Waals surface area (Å²) in [6.07, 6.45) is 3.95. The van der Waals surface area contributed by atoms with E-state index in [4.69, 9.17) is 0 Å². The minimum atomic E-state index is 0.386. The Morgan fingerprint density at radius 2 is 2.23 bits per heavy atom. The Balaban J connectivity index is 2.67. The average molecular weight is 179 g/mol. The quantitative estimate of drug-likeness (QED) is 0.770. The molecule has 0 spiro atoms. The van der Waals surface area contributed by atoms with Gasteiger partial charge in [-0.1, -0.05) is 13.3 Å². The number of anilines is 1. The van der Waals surface area contributed by atoms with Crippen molar-refractivity contribution in [2.24, 2.45) is 0 Å². The molecule has 0 aromatic carbocycles. The number of rotatable bonds is 4. The summed E-state index contributed by atoms with van der Waals surface area (Å²) in [6.45, 7) is 6.31. The van der Waals surface area contributed by atoms with Gasteiger partial charge >= 0.3 is 0 Å². The molecule has 3 heteroatoms. The van der Waals surface area contributed by atoms with Gasteiger partial charge in [0.15, 0.2) is 0 Å². The van der Waals surface area contributed by atoms with E-state index in [2.05, 4.69) is 36.1 Å². The Labute approximate surface area is 79.6 Å². The summed E-state index contributed by atoms with van der Waals surface area (Å²) in [4.78, 5) is 8.52. The molecule has 13 heavy (non-hydrogen) atoms. The van der Waals surface area contributed by atoms with Gasteiger partial charge in [0.25, 0.3) is 0 Å². The van der Waals surface area contributed by atoms with Gasteiger partial charge in [-0.2, -0.15) is 0 Å². The van der Waals surface area contributed by atoms with Crippen LogP contribution in [0.25, 0.3) is 0 Å². The van der Waals surface area contributed by atoms with Gasteiger partial charge < -0.3 is 5.32 Å². The van der Waals surface area contributed by atoms with Gasteiger partial charge in [-0.25, -0.2) is 9.97 Å². The molecule has 0 saturated heterocycles. The van der Waals surface area contributed by atoms with Gasteiger partial charge in [-0.05, 0) is 26.3 Å². The highest BCUT2D eigenvalue weighted by atomic mass is 15.1. The number of aryl methyl sites for hydroxylation is 1. The van der Waals surface area contributed by atoms with Crippen LogP contribution in [0.4, 0.5) is 5.95 Å². The van der Waals surface area contributed by atoms with Gasteiger partial charge in [-0.3, -0.25) is 0 Å². The summed E-state index contributed by atoms with van der Waals surface area (Å²) in [5, 5.41) is 3.18. The summed E-state index contributed by atoms with van der Waals surface area (Å²) in [5.41, 5.74) is 1.11. The van der Waals surface area contributed by atoms with Crippen molar-refractivity contribution in [1.29, 1.82) is 0 Å². The molecule has 1 heterocycles. The second-order valence-electron chi connectivity index (χ2n) is 3.42. The number of nitrogens with one attached hydrogen (secondary N) is 1. The Bertz CT molecular complexity index is 258. The predicted molar refractivity (Wildman–Crippen MR) is 54.8 cm³/mol. The van der Waals surface area contributed by atoms with Crippen LogP contribution in [0, 0.1) is 0 Å². The van der Waals surface area contributed by atoms with E-state index in [9.17, 15) is 0 Å². The molecule has 0 aliphatic heterocycles. The number of nitrogens with zero attached hydrogens (tertiary/aromatic N) is 2. The molecule has 0 bridgehead atoms. The Morgan fingerprint density at radius 1 is 1.46 bits per heavy atom. The Hall–Kier alpha value is -1.12. The van der Waals surface area contributed by atoms with Crippen molar-refractivity contribution in [2.75, 3.05) is 5.32 Å². The molecule has 0 aliphatic rings. The minimum absolute atomic E-state index is 0.386. The zero-order valence-electron chi connectivity index (χ0n) is 8.54. The summed E-state index contributed by atoms with van der Waals surface area (Å²) in [5.74, 6) is 0.737. The third-order valence-electron chi connectivity index (χ3n) is 1.64. The van der Waals surface area contributed by atoms with Crippen molar-refractivity contribution in [2.45, 2.75) is 39.7 Å². The number of aromatic nitrogens is 2. The summed E-state index contributed by atoms with van der Waals surface area (Å²) in [7, 11) is 0. The van der Waals surface area contributed by atoms with E-state index in [-0.39, 0.29) is 0 Å². The van der Waals surface area contributed by atoms with Crippen LogP contribution in [0.15, 0.2) is 12.3 Å². The molecule has 0 radical (unpaired) electrons. The molecule has 0 amide bonds. The molecular weight excluding hydrogens is 162 g/mol. The lowest BCUT2D eigenvalue weighted by Crippen LogP contribution is -2.12. The van der Waals surface area contributed by atoms with Gasteiger partial charge in [0, 0.05) is 17.9 Å². The lowest BCUT2D eigenvalue weighted by molar-refractivity contribution is 0.842. The first kappa shape index (κ1) is 9.96. The van der Waals surface area contributed by atoms with Gasteiger partial charge in [0.05, 0.1) is 0 Å². The van der Waals surface area contributed by atoms with Gasteiger partial charge in [-0.15, -0.1) is 0 Å². The van der Waals surface area contributed by atoms with E-state index in [0.29, 0.717) is 6.04 Å². The molecule has 1 rings (SSSR count). The molecule has 0 unspecified atom stereocenters. The van der Waals surface area contributed by atoms with E-state index < -0.39 is 0 Å². The zero-order chi connectivity index (χ0) is 9.68. The Kier molecular flexibility index (Phi) is 3.68. The molecular formula is C10H17N3. The largest absolute Gasteiger partial charge is 0.352 e. The Morgan fingerprint density at radius 3 is 2.85 bits per heavy atom. The normalized spacial score (nSPS) is 10.5. The second kappa shape index (κ2) is 4.80. The van der Waals surface area contributed by atoms with Crippen LogP contribution >= 0.6 is 0 Å². The lowest BCUT2D eigenvalue weighted by Gasteiger charge is -2.08. The summed E-state index contributed by atoms with van der Waals surface area (Å²) >= 11 is 0. The maximum Gasteiger partial charge on any atom is 0.223 e. The van der Waals surface area contributed by atoms with Crippen LogP contribution in [-0.2, 0) is 6.42 Å². The van der Waals surface area contributed by atoms with Crippen molar-refractivity contribution < 1.29 is 0 Å². The number of hydrogen-bond acceptors (Lipinski definition) is 3. The van der Waals surface area contributed by atoms with Crippen LogP contribution in [0.3, 0.4) is 0 Å². The molecule has 3 nitrogen and oxygen atoms in total. The van der Waals surface area contributed by atoms with Crippen molar-refractivity contribution in [3.8, 4) is 0 Å². The monoisotopic (exact) mass is 179 g/mol. The molecule has 0 aliphatic carbocycles. The van der Waals surface area contributed by atoms with Crippen molar-refractivity contribution in [3.05, 3.63) is 18.0 Å². The fraction of sp³-hybridized carbons (Fsp3) is 0.600. The van der Waals surface area contributed by atoms with E-state index >= 15 is 0 Å². The highest BCUT2D eigenvalue weighted by Gasteiger charge is 1.99. The van der Waals surface area contributed by atoms with Gasteiger partial charge in [0.1, 0.15) is 0 Å².